The zero-order valence-corrected chi connectivity index (χ0v) is 12.4. The SMILES string of the molecule is CCCNC(c1ccc(CC)o1)C1Cc2ccccc21. The van der Waals surface area contributed by atoms with Crippen molar-refractivity contribution < 1.29 is 4.42 Å². The maximum Gasteiger partial charge on any atom is 0.121 e. The highest BCUT2D eigenvalue weighted by atomic mass is 16.3. The number of nitrogens with one attached hydrogen (secondary N) is 1. The Morgan fingerprint density at radius 3 is 2.75 bits per heavy atom. The van der Waals surface area contributed by atoms with Crippen molar-refractivity contribution in [2.45, 2.75) is 45.1 Å². The van der Waals surface area contributed by atoms with E-state index in [0.717, 1.165) is 37.3 Å². The summed E-state index contributed by atoms with van der Waals surface area (Å²) in [6.07, 6.45) is 3.26. The quantitative estimate of drug-likeness (QED) is 0.849. The van der Waals surface area contributed by atoms with Gasteiger partial charge in [0.1, 0.15) is 11.5 Å². The van der Waals surface area contributed by atoms with Crippen LogP contribution < -0.4 is 5.32 Å². The molecule has 1 aromatic carbocycles. The van der Waals surface area contributed by atoms with Crippen molar-refractivity contribution in [1.82, 2.24) is 5.32 Å². The van der Waals surface area contributed by atoms with E-state index in [1.54, 1.807) is 0 Å². The summed E-state index contributed by atoms with van der Waals surface area (Å²) < 4.78 is 6.00. The van der Waals surface area contributed by atoms with Gasteiger partial charge in [0.25, 0.3) is 0 Å². The van der Waals surface area contributed by atoms with Crippen molar-refractivity contribution in [2.24, 2.45) is 0 Å². The predicted molar refractivity (Wildman–Crippen MR) is 82.0 cm³/mol. The Morgan fingerprint density at radius 2 is 2.05 bits per heavy atom. The molecule has 2 heteroatoms. The van der Waals surface area contributed by atoms with Gasteiger partial charge in [0.05, 0.1) is 6.04 Å². The lowest BCUT2D eigenvalue weighted by Crippen LogP contribution is -2.33. The number of furan rings is 1. The van der Waals surface area contributed by atoms with Gasteiger partial charge in [0.2, 0.25) is 0 Å². The summed E-state index contributed by atoms with van der Waals surface area (Å²) in [7, 11) is 0. The first-order valence-electron chi connectivity index (χ1n) is 7.73. The summed E-state index contributed by atoms with van der Waals surface area (Å²) in [4.78, 5) is 0. The minimum absolute atomic E-state index is 0.310. The van der Waals surface area contributed by atoms with E-state index >= 15 is 0 Å². The second-order valence-corrected chi connectivity index (χ2v) is 5.60. The third-order valence-electron chi connectivity index (χ3n) is 4.25. The molecule has 2 aromatic rings. The molecule has 0 amide bonds. The van der Waals surface area contributed by atoms with Gasteiger partial charge < -0.3 is 9.73 Å². The second kappa shape index (κ2) is 5.84. The number of rotatable bonds is 6. The molecule has 3 rings (SSSR count). The van der Waals surface area contributed by atoms with Crippen LogP contribution >= 0.6 is 0 Å². The Bertz CT molecular complexity index is 572. The monoisotopic (exact) mass is 269 g/mol. The first-order valence-corrected chi connectivity index (χ1v) is 7.73. The van der Waals surface area contributed by atoms with E-state index in [1.165, 1.54) is 11.1 Å². The molecule has 1 aliphatic rings. The Labute approximate surface area is 121 Å². The first-order chi connectivity index (χ1) is 9.83. The maximum absolute atomic E-state index is 6.00. The summed E-state index contributed by atoms with van der Waals surface area (Å²) in [5.41, 5.74) is 2.97. The third kappa shape index (κ3) is 2.40. The summed E-state index contributed by atoms with van der Waals surface area (Å²) in [6, 6.07) is 13.3. The van der Waals surface area contributed by atoms with Gasteiger partial charge in [-0.3, -0.25) is 0 Å². The van der Waals surface area contributed by atoms with Crippen LogP contribution in [0.15, 0.2) is 40.8 Å². The fourth-order valence-corrected chi connectivity index (χ4v) is 3.09. The van der Waals surface area contributed by atoms with Crippen molar-refractivity contribution in [3.8, 4) is 0 Å². The topological polar surface area (TPSA) is 25.2 Å². The van der Waals surface area contributed by atoms with Gasteiger partial charge in [-0.25, -0.2) is 0 Å². The highest BCUT2D eigenvalue weighted by molar-refractivity contribution is 5.42. The maximum atomic E-state index is 6.00. The Balaban J connectivity index is 1.84. The summed E-state index contributed by atoms with van der Waals surface area (Å²) in [5.74, 6) is 2.72. The second-order valence-electron chi connectivity index (χ2n) is 5.60. The van der Waals surface area contributed by atoms with Crippen molar-refractivity contribution in [1.29, 1.82) is 0 Å². The molecular formula is C18H23NO. The summed E-state index contributed by atoms with van der Waals surface area (Å²) >= 11 is 0. The predicted octanol–water partition coefficient (Wildman–Crippen LogP) is 4.22. The third-order valence-corrected chi connectivity index (χ3v) is 4.25. The molecule has 1 heterocycles. The average molecular weight is 269 g/mol. The van der Waals surface area contributed by atoms with Gasteiger partial charge in [-0.1, -0.05) is 38.1 Å². The minimum atomic E-state index is 0.310. The Kier molecular flexibility index (Phi) is 3.93. The van der Waals surface area contributed by atoms with Gasteiger partial charge in [0.15, 0.2) is 0 Å². The Morgan fingerprint density at radius 1 is 1.20 bits per heavy atom. The van der Waals surface area contributed by atoms with E-state index in [1.807, 2.05) is 0 Å². The van der Waals surface area contributed by atoms with Crippen molar-refractivity contribution in [2.75, 3.05) is 6.54 Å². The van der Waals surface area contributed by atoms with Crippen LogP contribution in [0.2, 0.25) is 0 Å². The fourth-order valence-electron chi connectivity index (χ4n) is 3.09. The summed E-state index contributed by atoms with van der Waals surface area (Å²) in [6.45, 7) is 5.37. The van der Waals surface area contributed by atoms with Crippen molar-refractivity contribution >= 4 is 0 Å². The molecule has 0 aliphatic heterocycles. The van der Waals surface area contributed by atoms with Crippen molar-refractivity contribution in [3.63, 3.8) is 0 Å². The highest BCUT2D eigenvalue weighted by Gasteiger charge is 2.34. The smallest absolute Gasteiger partial charge is 0.121 e. The van der Waals surface area contributed by atoms with E-state index < -0.39 is 0 Å². The van der Waals surface area contributed by atoms with Crippen LogP contribution in [-0.2, 0) is 12.8 Å². The van der Waals surface area contributed by atoms with Crippen LogP contribution in [0.1, 0.15) is 54.9 Å². The van der Waals surface area contributed by atoms with Crippen LogP contribution in [0, 0.1) is 0 Å². The molecule has 2 unspecified atom stereocenters. The van der Waals surface area contributed by atoms with Crippen molar-refractivity contribution in [3.05, 3.63) is 59.0 Å². The largest absolute Gasteiger partial charge is 0.464 e. The van der Waals surface area contributed by atoms with E-state index in [2.05, 4.69) is 55.6 Å². The molecule has 1 aliphatic carbocycles. The van der Waals surface area contributed by atoms with E-state index in [0.29, 0.717) is 12.0 Å². The normalized spacial score (nSPS) is 18.4. The van der Waals surface area contributed by atoms with Gasteiger partial charge in [-0.05, 0) is 42.6 Å². The molecule has 0 radical (unpaired) electrons. The number of fused-ring (bicyclic) bond motifs is 1. The molecule has 0 saturated carbocycles. The van der Waals surface area contributed by atoms with Gasteiger partial charge in [0, 0.05) is 12.3 Å². The van der Waals surface area contributed by atoms with Crippen LogP contribution in [-0.4, -0.2) is 6.54 Å². The van der Waals surface area contributed by atoms with Crippen LogP contribution in [0.3, 0.4) is 0 Å². The molecule has 0 bridgehead atoms. The molecule has 2 atom stereocenters. The molecule has 0 spiro atoms. The molecule has 2 nitrogen and oxygen atoms in total. The number of aryl methyl sites for hydroxylation is 1. The number of hydrogen-bond acceptors (Lipinski definition) is 2. The fraction of sp³-hybridized carbons (Fsp3) is 0.444. The van der Waals surface area contributed by atoms with Gasteiger partial charge in [-0.2, -0.15) is 0 Å². The highest BCUT2D eigenvalue weighted by Crippen LogP contribution is 2.43. The number of hydrogen-bond donors (Lipinski definition) is 1. The van der Waals surface area contributed by atoms with E-state index in [4.69, 9.17) is 4.42 Å². The first kappa shape index (κ1) is 13.4. The minimum Gasteiger partial charge on any atom is -0.464 e. The molecular weight excluding hydrogens is 246 g/mol. The molecule has 106 valence electrons. The molecule has 1 aromatic heterocycles. The lowest BCUT2D eigenvalue weighted by Gasteiger charge is -2.36. The van der Waals surface area contributed by atoms with E-state index in [9.17, 15) is 0 Å². The van der Waals surface area contributed by atoms with Crippen LogP contribution in [0.25, 0.3) is 0 Å². The zero-order chi connectivity index (χ0) is 13.9. The van der Waals surface area contributed by atoms with Crippen LogP contribution in [0.5, 0.6) is 0 Å². The van der Waals surface area contributed by atoms with Gasteiger partial charge >= 0.3 is 0 Å². The zero-order valence-electron chi connectivity index (χ0n) is 12.4. The molecule has 20 heavy (non-hydrogen) atoms. The van der Waals surface area contributed by atoms with Crippen LogP contribution in [0.4, 0.5) is 0 Å². The average Bonchev–Trinajstić information content (AvgIpc) is 2.92. The standard InChI is InChI=1S/C18H23NO/c1-3-11-19-18(17-10-9-14(4-2)20-17)16-12-13-7-5-6-8-15(13)16/h5-10,16,18-19H,3-4,11-12H2,1-2H3. The van der Waals surface area contributed by atoms with Gasteiger partial charge in [-0.15, -0.1) is 0 Å². The number of benzene rings is 1. The summed E-state index contributed by atoms with van der Waals surface area (Å²) in [5, 5.41) is 3.67. The van der Waals surface area contributed by atoms with E-state index in [-0.39, 0.29) is 0 Å². The lowest BCUT2D eigenvalue weighted by atomic mass is 9.73. The Hall–Kier alpha value is -1.54. The lowest BCUT2D eigenvalue weighted by molar-refractivity contribution is 0.335. The molecule has 1 N–H and O–H groups in total. The molecule has 0 saturated heterocycles. The molecule has 0 fully saturated rings.